The molecule has 0 spiro atoms. The molecule has 0 aliphatic rings. The van der Waals surface area contributed by atoms with E-state index in [2.05, 4.69) is 20.7 Å². The van der Waals surface area contributed by atoms with E-state index in [0.717, 1.165) is 18.2 Å². The van der Waals surface area contributed by atoms with E-state index in [1.54, 1.807) is 0 Å². The van der Waals surface area contributed by atoms with Crippen LogP contribution in [0.2, 0.25) is 10.0 Å². The molecule has 1 aromatic heterocycles. The Bertz CT molecular complexity index is 771. The van der Waals surface area contributed by atoms with Crippen LogP contribution < -0.4 is 4.72 Å². The number of furan rings is 1. The highest BCUT2D eigenvalue weighted by atomic mass is 79.9. The standard InChI is InChI=1S/C11H7BrCl2FNO4S/c12-11-9(3-6(4-17)20-11)21(18,19)16-10-7(13)1-5(15)2-8(10)14/h1-3,16-17H,4H2. The van der Waals surface area contributed by atoms with Crippen molar-refractivity contribution >= 4 is 54.8 Å². The zero-order valence-corrected chi connectivity index (χ0v) is 13.9. The molecule has 0 unspecified atom stereocenters. The van der Waals surface area contributed by atoms with Gasteiger partial charge < -0.3 is 9.52 Å². The van der Waals surface area contributed by atoms with Gasteiger partial charge in [-0.3, -0.25) is 4.72 Å². The van der Waals surface area contributed by atoms with Crippen LogP contribution in [0, 0.1) is 5.82 Å². The van der Waals surface area contributed by atoms with Crippen LogP contribution in [-0.2, 0) is 16.6 Å². The van der Waals surface area contributed by atoms with Gasteiger partial charge >= 0.3 is 0 Å². The van der Waals surface area contributed by atoms with Gasteiger partial charge in [0.25, 0.3) is 10.0 Å². The topological polar surface area (TPSA) is 79.5 Å². The minimum atomic E-state index is -4.08. The largest absolute Gasteiger partial charge is 0.450 e. The number of aliphatic hydroxyl groups excluding tert-OH is 1. The van der Waals surface area contributed by atoms with Crippen LogP contribution in [-0.4, -0.2) is 13.5 Å². The highest BCUT2D eigenvalue weighted by Gasteiger charge is 2.24. The second-order valence-corrected chi connectivity index (χ2v) is 7.04. The van der Waals surface area contributed by atoms with Gasteiger partial charge in [-0.1, -0.05) is 23.2 Å². The van der Waals surface area contributed by atoms with Crippen LogP contribution in [0.3, 0.4) is 0 Å². The van der Waals surface area contributed by atoms with Crippen molar-refractivity contribution in [3.8, 4) is 0 Å². The molecule has 1 aromatic carbocycles. The molecule has 114 valence electrons. The molecule has 21 heavy (non-hydrogen) atoms. The summed E-state index contributed by atoms with van der Waals surface area (Å²) in [4.78, 5) is -0.247. The summed E-state index contributed by atoms with van der Waals surface area (Å²) in [5.41, 5.74) is -0.154. The third-order valence-corrected chi connectivity index (χ3v) is 5.20. The molecular weight excluding hydrogens is 412 g/mol. The van der Waals surface area contributed by atoms with Crippen molar-refractivity contribution in [2.45, 2.75) is 11.5 Å². The molecule has 2 rings (SSSR count). The van der Waals surface area contributed by atoms with Gasteiger partial charge in [0.05, 0.1) is 15.7 Å². The molecule has 5 nitrogen and oxygen atoms in total. The third kappa shape index (κ3) is 3.51. The summed E-state index contributed by atoms with van der Waals surface area (Å²) in [6.07, 6.45) is 0. The maximum Gasteiger partial charge on any atom is 0.266 e. The van der Waals surface area contributed by atoms with Crippen LogP contribution in [0.25, 0.3) is 0 Å². The van der Waals surface area contributed by atoms with E-state index in [1.165, 1.54) is 0 Å². The van der Waals surface area contributed by atoms with Gasteiger partial charge in [-0.05, 0) is 28.1 Å². The Labute approximate surface area is 137 Å². The third-order valence-electron chi connectivity index (χ3n) is 2.40. The first kappa shape index (κ1) is 16.6. The average Bonchev–Trinajstić information content (AvgIpc) is 2.76. The molecule has 0 fully saturated rings. The van der Waals surface area contributed by atoms with Gasteiger partial charge in [0.1, 0.15) is 23.1 Å². The van der Waals surface area contributed by atoms with Crippen molar-refractivity contribution in [3.63, 3.8) is 0 Å². The number of hydrogen-bond acceptors (Lipinski definition) is 4. The smallest absolute Gasteiger partial charge is 0.266 e. The van der Waals surface area contributed by atoms with Crippen LogP contribution in [0.15, 0.2) is 32.2 Å². The van der Waals surface area contributed by atoms with Crippen LogP contribution in [0.1, 0.15) is 5.76 Å². The molecule has 10 heteroatoms. The molecule has 2 aromatic rings. The van der Waals surface area contributed by atoms with E-state index in [-0.39, 0.29) is 31.1 Å². The fourth-order valence-electron chi connectivity index (χ4n) is 1.49. The number of hydrogen-bond donors (Lipinski definition) is 2. The van der Waals surface area contributed by atoms with Gasteiger partial charge in [-0.15, -0.1) is 0 Å². The second kappa shape index (κ2) is 6.13. The van der Waals surface area contributed by atoms with Gasteiger partial charge in [0.2, 0.25) is 0 Å². The van der Waals surface area contributed by atoms with Crippen molar-refractivity contribution in [2.24, 2.45) is 0 Å². The number of anilines is 1. The lowest BCUT2D eigenvalue weighted by molar-refractivity contribution is 0.245. The Balaban J connectivity index is 2.44. The summed E-state index contributed by atoms with van der Waals surface area (Å²) in [7, 11) is -4.08. The van der Waals surface area contributed by atoms with Crippen LogP contribution >= 0.6 is 39.1 Å². The number of benzene rings is 1. The fourth-order valence-corrected chi connectivity index (χ4v) is 4.25. The molecule has 0 aliphatic carbocycles. The number of halogens is 4. The van der Waals surface area contributed by atoms with E-state index in [4.69, 9.17) is 32.7 Å². The van der Waals surface area contributed by atoms with E-state index in [9.17, 15) is 12.8 Å². The van der Waals surface area contributed by atoms with E-state index < -0.39 is 22.4 Å². The summed E-state index contributed by atoms with van der Waals surface area (Å²) in [6.45, 7) is -0.466. The lowest BCUT2D eigenvalue weighted by atomic mass is 10.3. The summed E-state index contributed by atoms with van der Waals surface area (Å²) in [5.74, 6) is -0.640. The van der Waals surface area contributed by atoms with Gasteiger partial charge in [-0.25, -0.2) is 12.8 Å². The van der Waals surface area contributed by atoms with Crippen molar-refractivity contribution < 1.29 is 22.3 Å². The minimum absolute atomic E-state index is 0.0542. The zero-order valence-electron chi connectivity index (χ0n) is 10.0. The monoisotopic (exact) mass is 417 g/mol. The Morgan fingerprint density at radius 2 is 1.86 bits per heavy atom. The molecule has 2 N–H and O–H groups in total. The van der Waals surface area contributed by atoms with Crippen molar-refractivity contribution in [2.75, 3.05) is 4.72 Å². The van der Waals surface area contributed by atoms with Crippen molar-refractivity contribution in [1.29, 1.82) is 0 Å². The molecule has 1 heterocycles. The Morgan fingerprint density at radius 1 is 1.29 bits per heavy atom. The van der Waals surface area contributed by atoms with Crippen molar-refractivity contribution in [1.82, 2.24) is 0 Å². The number of nitrogens with one attached hydrogen (secondary N) is 1. The normalized spacial score (nSPS) is 11.7. The Hall–Kier alpha value is -0.800. The van der Waals surface area contributed by atoms with Crippen LogP contribution in [0.5, 0.6) is 0 Å². The SMILES string of the molecule is O=S(=O)(Nc1c(Cl)cc(F)cc1Cl)c1cc(CO)oc1Br. The number of sulfonamides is 1. The first-order valence-electron chi connectivity index (χ1n) is 5.31. The van der Waals surface area contributed by atoms with E-state index in [0.29, 0.717) is 0 Å². The summed E-state index contributed by atoms with van der Waals surface area (Å²) in [5, 5.41) is 8.56. The maximum atomic E-state index is 13.1. The molecule has 0 saturated carbocycles. The molecule has 0 saturated heterocycles. The lowest BCUT2D eigenvalue weighted by Gasteiger charge is -2.10. The highest BCUT2D eigenvalue weighted by Crippen LogP contribution is 2.35. The minimum Gasteiger partial charge on any atom is -0.450 e. The molecular formula is C11H7BrCl2FNO4S. The lowest BCUT2D eigenvalue weighted by Crippen LogP contribution is -2.13. The highest BCUT2D eigenvalue weighted by molar-refractivity contribution is 9.10. The number of rotatable bonds is 4. The van der Waals surface area contributed by atoms with E-state index >= 15 is 0 Å². The predicted molar refractivity (Wildman–Crippen MR) is 79.6 cm³/mol. The Morgan fingerprint density at radius 3 is 2.33 bits per heavy atom. The van der Waals surface area contributed by atoms with Gasteiger partial charge in [0.15, 0.2) is 4.67 Å². The van der Waals surface area contributed by atoms with Crippen molar-refractivity contribution in [3.05, 3.63) is 44.5 Å². The van der Waals surface area contributed by atoms with Gasteiger partial charge in [-0.2, -0.15) is 0 Å². The molecule has 0 aliphatic heterocycles. The summed E-state index contributed by atoms with van der Waals surface area (Å²) < 4.78 is 44.6. The number of aliphatic hydroxyl groups is 1. The fraction of sp³-hybridized carbons (Fsp3) is 0.0909. The molecule has 0 atom stereocenters. The predicted octanol–water partition coefficient (Wildman–Crippen LogP) is 3.78. The average molecular weight is 419 g/mol. The molecule has 0 radical (unpaired) electrons. The maximum absolute atomic E-state index is 13.1. The van der Waals surface area contributed by atoms with E-state index in [1.807, 2.05) is 0 Å². The quantitative estimate of drug-likeness (QED) is 0.791. The summed E-state index contributed by atoms with van der Waals surface area (Å²) >= 11 is 14.5. The second-order valence-electron chi connectivity index (χ2n) is 3.86. The van der Waals surface area contributed by atoms with Crippen LogP contribution in [0.4, 0.5) is 10.1 Å². The Kier molecular flexibility index (Phi) is 4.84. The zero-order chi connectivity index (χ0) is 15.8. The summed E-state index contributed by atoms with van der Waals surface area (Å²) in [6, 6.07) is 2.99. The molecule has 0 amide bonds. The van der Waals surface area contributed by atoms with Gasteiger partial charge in [0, 0.05) is 6.07 Å². The first-order chi connectivity index (χ1) is 9.74. The first-order valence-corrected chi connectivity index (χ1v) is 8.34. The molecule has 0 bridgehead atoms.